The molecule has 3 atom stereocenters. The standard InChI is InChI=1S/C14H25ClN2O2S/c15-11-13-7-1-2-9-16(13)20(18,19)17-10-4-6-12-5-3-8-14(12)17/h12-14H,1-11H2. The molecule has 0 aromatic carbocycles. The van der Waals surface area contributed by atoms with Gasteiger partial charge in [0, 0.05) is 31.1 Å². The van der Waals surface area contributed by atoms with E-state index in [1.54, 1.807) is 4.31 Å². The Balaban J connectivity index is 1.82. The van der Waals surface area contributed by atoms with Gasteiger partial charge in [0.1, 0.15) is 0 Å². The van der Waals surface area contributed by atoms with Crippen LogP contribution in [0.5, 0.6) is 0 Å². The average Bonchev–Trinajstić information content (AvgIpc) is 2.95. The Morgan fingerprint density at radius 3 is 2.45 bits per heavy atom. The van der Waals surface area contributed by atoms with Gasteiger partial charge in [0.05, 0.1) is 0 Å². The number of halogens is 1. The van der Waals surface area contributed by atoms with Gasteiger partial charge in [-0.3, -0.25) is 0 Å². The van der Waals surface area contributed by atoms with Crippen molar-refractivity contribution in [2.75, 3.05) is 19.0 Å². The second kappa shape index (κ2) is 6.11. The lowest BCUT2D eigenvalue weighted by molar-refractivity contribution is 0.173. The molecule has 4 nitrogen and oxygen atoms in total. The van der Waals surface area contributed by atoms with Crippen molar-refractivity contribution in [2.24, 2.45) is 5.92 Å². The Morgan fingerprint density at radius 1 is 0.900 bits per heavy atom. The third-order valence-corrected chi connectivity index (χ3v) is 7.76. The Morgan fingerprint density at radius 2 is 1.65 bits per heavy atom. The Hall–Kier alpha value is 0.160. The van der Waals surface area contributed by atoms with Crippen LogP contribution in [0.2, 0.25) is 0 Å². The van der Waals surface area contributed by atoms with E-state index in [1.165, 1.54) is 19.3 Å². The van der Waals surface area contributed by atoms with E-state index in [1.807, 2.05) is 4.31 Å². The Labute approximate surface area is 127 Å². The number of nitrogens with zero attached hydrogens (tertiary/aromatic N) is 2. The van der Waals surface area contributed by atoms with Crippen molar-refractivity contribution in [3.05, 3.63) is 0 Å². The Kier molecular flexibility index (Phi) is 4.60. The van der Waals surface area contributed by atoms with Crippen molar-refractivity contribution in [1.29, 1.82) is 0 Å². The summed E-state index contributed by atoms with van der Waals surface area (Å²) in [4.78, 5) is 0. The maximum absolute atomic E-state index is 13.0. The average molecular weight is 321 g/mol. The molecule has 3 unspecified atom stereocenters. The summed E-state index contributed by atoms with van der Waals surface area (Å²) in [5.41, 5.74) is 0. The maximum Gasteiger partial charge on any atom is 0.282 e. The smallest absolute Gasteiger partial charge is 0.195 e. The van der Waals surface area contributed by atoms with Crippen LogP contribution in [0.1, 0.15) is 51.4 Å². The summed E-state index contributed by atoms with van der Waals surface area (Å²) in [6, 6.07) is 0.254. The van der Waals surface area contributed by atoms with Crippen LogP contribution in [-0.2, 0) is 10.2 Å². The number of alkyl halides is 1. The molecule has 1 saturated carbocycles. The summed E-state index contributed by atoms with van der Waals surface area (Å²) in [7, 11) is -3.32. The van der Waals surface area contributed by atoms with E-state index in [0.29, 0.717) is 24.9 Å². The summed E-state index contributed by atoms with van der Waals surface area (Å²) in [5.74, 6) is 1.01. The fraction of sp³-hybridized carbons (Fsp3) is 1.00. The van der Waals surface area contributed by atoms with Crippen LogP contribution in [0.15, 0.2) is 0 Å². The molecule has 0 aromatic heterocycles. The third-order valence-electron chi connectivity index (χ3n) is 5.29. The molecule has 2 heterocycles. The van der Waals surface area contributed by atoms with Crippen LogP contribution in [0.25, 0.3) is 0 Å². The lowest BCUT2D eigenvalue weighted by atomic mass is 9.94. The second-order valence-electron chi connectivity index (χ2n) is 6.43. The highest BCUT2D eigenvalue weighted by Gasteiger charge is 2.44. The minimum atomic E-state index is -3.32. The van der Waals surface area contributed by atoms with Gasteiger partial charge in [0.15, 0.2) is 0 Å². The van der Waals surface area contributed by atoms with Gasteiger partial charge >= 0.3 is 0 Å². The molecule has 0 N–H and O–H groups in total. The van der Waals surface area contributed by atoms with Gasteiger partial charge in [-0.2, -0.15) is 17.0 Å². The molecule has 0 amide bonds. The van der Waals surface area contributed by atoms with Crippen LogP contribution in [-0.4, -0.2) is 48.1 Å². The maximum atomic E-state index is 13.0. The molecule has 6 heteroatoms. The molecular formula is C14H25ClN2O2S. The largest absolute Gasteiger partial charge is 0.282 e. The summed E-state index contributed by atoms with van der Waals surface area (Å²) < 4.78 is 29.6. The van der Waals surface area contributed by atoms with Crippen molar-refractivity contribution in [3.63, 3.8) is 0 Å². The van der Waals surface area contributed by atoms with E-state index in [4.69, 9.17) is 11.6 Å². The van der Waals surface area contributed by atoms with E-state index >= 15 is 0 Å². The van der Waals surface area contributed by atoms with E-state index in [0.717, 1.165) is 32.1 Å². The van der Waals surface area contributed by atoms with Gasteiger partial charge in [-0.05, 0) is 44.4 Å². The highest BCUT2D eigenvalue weighted by atomic mass is 35.5. The SMILES string of the molecule is O=S(=O)(N1CCCCC1CCl)N1CCCC2CCCC21. The van der Waals surface area contributed by atoms with E-state index in [2.05, 4.69) is 0 Å². The van der Waals surface area contributed by atoms with Gasteiger partial charge in [-0.25, -0.2) is 0 Å². The zero-order chi connectivity index (χ0) is 14.2. The first kappa shape index (κ1) is 15.1. The quantitative estimate of drug-likeness (QED) is 0.750. The summed E-state index contributed by atoms with van der Waals surface area (Å²) >= 11 is 6.01. The minimum Gasteiger partial charge on any atom is -0.195 e. The van der Waals surface area contributed by atoms with Crippen LogP contribution in [0.4, 0.5) is 0 Å². The number of hydrogen-bond acceptors (Lipinski definition) is 2. The lowest BCUT2D eigenvalue weighted by Crippen LogP contribution is -2.56. The number of rotatable bonds is 3. The molecule has 2 aliphatic heterocycles. The van der Waals surface area contributed by atoms with Gasteiger partial charge in [-0.1, -0.05) is 12.8 Å². The van der Waals surface area contributed by atoms with E-state index in [9.17, 15) is 8.42 Å². The highest BCUT2D eigenvalue weighted by molar-refractivity contribution is 7.86. The van der Waals surface area contributed by atoms with Gasteiger partial charge in [-0.15, -0.1) is 11.6 Å². The van der Waals surface area contributed by atoms with Crippen molar-refractivity contribution in [3.8, 4) is 0 Å². The first-order valence-electron chi connectivity index (χ1n) is 7.99. The monoisotopic (exact) mass is 320 g/mol. The molecule has 3 aliphatic rings. The summed E-state index contributed by atoms with van der Waals surface area (Å²) in [6.45, 7) is 1.35. The molecule has 0 radical (unpaired) electrons. The number of piperidine rings is 2. The van der Waals surface area contributed by atoms with Crippen molar-refractivity contribution in [1.82, 2.24) is 8.61 Å². The predicted molar refractivity (Wildman–Crippen MR) is 81.1 cm³/mol. The van der Waals surface area contributed by atoms with Gasteiger partial charge in [0.2, 0.25) is 0 Å². The topological polar surface area (TPSA) is 40.6 Å². The minimum absolute atomic E-state index is 0.00260. The predicted octanol–water partition coefficient (Wildman–Crippen LogP) is 2.59. The normalized spacial score (nSPS) is 37.0. The number of fused-ring (bicyclic) bond motifs is 1. The molecule has 20 heavy (non-hydrogen) atoms. The molecular weight excluding hydrogens is 296 g/mol. The fourth-order valence-corrected chi connectivity index (χ4v) is 6.83. The molecule has 3 rings (SSSR count). The van der Waals surface area contributed by atoms with Crippen molar-refractivity contribution < 1.29 is 8.42 Å². The zero-order valence-electron chi connectivity index (χ0n) is 12.0. The fourth-order valence-electron chi connectivity index (χ4n) is 4.26. The van der Waals surface area contributed by atoms with Crippen molar-refractivity contribution >= 4 is 21.8 Å². The van der Waals surface area contributed by atoms with Gasteiger partial charge in [0.25, 0.3) is 10.2 Å². The molecule has 0 bridgehead atoms. The molecule has 3 fully saturated rings. The molecule has 0 aromatic rings. The summed E-state index contributed by atoms with van der Waals surface area (Å²) in [6.07, 6.45) is 8.61. The van der Waals surface area contributed by atoms with Crippen molar-refractivity contribution in [2.45, 2.75) is 63.5 Å². The highest BCUT2D eigenvalue weighted by Crippen LogP contribution is 2.39. The van der Waals surface area contributed by atoms with Crippen LogP contribution >= 0.6 is 11.6 Å². The molecule has 1 aliphatic carbocycles. The molecule has 0 spiro atoms. The van der Waals surface area contributed by atoms with E-state index < -0.39 is 10.2 Å². The summed E-state index contributed by atoms with van der Waals surface area (Å²) in [5, 5.41) is 0. The van der Waals surface area contributed by atoms with E-state index in [-0.39, 0.29) is 12.1 Å². The number of hydrogen-bond donors (Lipinski definition) is 0. The molecule has 2 saturated heterocycles. The Bertz CT molecular complexity index is 442. The van der Waals surface area contributed by atoms with Crippen LogP contribution in [0.3, 0.4) is 0 Å². The molecule has 116 valence electrons. The van der Waals surface area contributed by atoms with Gasteiger partial charge < -0.3 is 0 Å². The second-order valence-corrected chi connectivity index (χ2v) is 8.58. The lowest BCUT2D eigenvalue weighted by Gasteiger charge is -2.42. The van der Waals surface area contributed by atoms with Crippen LogP contribution < -0.4 is 0 Å². The first-order chi connectivity index (χ1) is 9.64. The van der Waals surface area contributed by atoms with Crippen LogP contribution in [0, 0.1) is 5.92 Å². The third kappa shape index (κ3) is 2.62. The first-order valence-corrected chi connectivity index (χ1v) is 9.92. The zero-order valence-corrected chi connectivity index (χ0v) is 13.6.